The fourth-order valence-corrected chi connectivity index (χ4v) is 4.07. The predicted molar refractivity (Wildman–Crippen MR) is 134 cm³/mol. The number of carbonyl (C=O) groups is 2. The lowest BCUT2D eigenvalue weighted by atomic mass is 10.2. The lowest BCUT2D eigenvalue weighted by molar-refractivity contribution is -0.113. The number of carbonyl (C=O) groups excluding carboxylic acids is 2. The number of ether oxygens (including phenoxy) is 2. The van der Waals surface area contributed by atoms with Crippen LogP contribution in [0.3, 0.4) is 0 Å². The Hall–Kier alpha value is -4.11. The zero-order valence-electron chi connectivity index (χ0n) is 19.3. The van der Waals surface area contributed by atoms with E-state index in [1.54, 1.807) is 24.3 Å². The van der Waals surface area contributed by atoms with Gasteiger partial charge in [-0.2, -0.15) is 0 Å². The van der Waals surface area contributed by atoms with Crippen molar-refractivity contribution in [3.63, 3.8) is 0 Å². The van der Waals surface area contributed by atoms with Gasteiger partial charge in [0.25, 0.3) is 0 Å². The second kappa shape index (κ2) is 11.3. The number of aryl methyl sites for hydroxylation is 1. The highest BCUT2D eigenvalue weighted by molar-refractivity contribution is 7.99. The molecule has 0 aliphatic carbocycles. The Morgan fingerprint density at radius 2 is 1.66 bits per heavy atom. The second-order valence-corrected chi connectivity index (χ2v) is 8.49. The summed E-state index contributed by atoms with van der Waals surface area (Å²) in [5.41, 5.74) is 2.69. The molecule has 3 aromatic carbocycles. The number of esters is 1. The molecule has 0 radical (unpaired) electrons. The Kier molecular flexibility index (Phi) is 7.79. The number of nitrogens with zero attached hydrogens (tertiary/aromatic N) is 3. The highest BCUT2D eigenvalue weighted by Gasteiger charge is 2.18. The van der Waals surface area contributed by atoms with Crippen molar-refractivity contribution >= 4 is 29.3 Å². The molecule has 8 nitrogen and oxygen atoms in total. The standard InChI is InChI=1S/C26H24N4O4S/c1-18-12-14-20(15-13-18)34-16-23-28-29-26(30(23)19-8-4-3-5-9-19)35-17-24(31)27-22-11-7-6-10-21(22)25(32)33-2/h3-15H,16-17H2,1-2H3,(H,27,31). The number of nitrogens with one attached hydrogen (secondary N) is 1. The van der Waals surface area contributed by atoms with Crippen molar-refractivity contribution in [2.45, 2.75) is 18.7 Å². The van der Waals surface area contributed by atoms with E-state index in [1.165, 1.54) is 18.9 Å². The number of thioether (sulfide) groups is 1. The van der Waals surface area contributed by atoms with Crippen LogP contribution in [-0.4, -0.2) is 39.5 Å². The third kappa shape index (κ3) is 6.07. The van der Waals surface area contributed by atoms with E-state index in [2.05, 4.69) is 15.5 Å². The summed E-state index contributed by atoms with van der Waals surface area (Å²) in [4.78, 5) is 24.6. The van der Waals surface area contributed by atoms with Crippen LogP contribution in [0.15, 0.2) is 84.0 Å². The first-order valence-electron chi connectivity index (χ1n) is 10.8. The minimum absolute atomic E-state index is 0.0687. The lowest BCUT2D eigenvalue weighted by Crippen LogP contribution is -2.17. The first kappa shape index (κ1) is 24.0. The quantitative estimate of drug-likeness (QED) is 0.270. The van der Waals surface area contributed by atoms with Crippen LogP contribution < -0.4 is 10.1 Å². The average molecular weight is 489 g/mol. The predicted octanol–water partition coefficient (Wildman–Crippen LogP) is 4.67. The van der Waals surface area contributed by atoms with Crippen LogP contribution in [-0.2, 0) is 16.1 Å². The second-order valence-electron chi connectivity index (χ2n) is 7.55. The topological polar surface area (TPSA) is 95.3 Å². The summed E-state index contributed by atoms with van der Waals surface area (Å²) in [7, 11) is 1.30. The van der Waals surface area contributed by atoms with Gasteiger partial charge in [-0.05, 0) is 43.3 Å². The largest absolute Gasteiger partial charge is 0.486 e. The van der Waals surface area contributed by atoms with Crippen LogP contribution in [0.4, 0.5) is 5.69 Å². The number of rotatable bonds is 9. The van der Waals surface area contributed by atoms with Gasteiger partial charge in [0.1, 0.15) is 12.4 Å². The van der Waals surface area contributed by atoms with E-state index in [4.69, 9.17) is 9.47 Å². The van der Waals surface area contributed by atoms with Gasteiger partial charge in [-0.1, -0.05) is 59.8 Å². The molecule has 0 unspecified atom stereocenters. The molecule has 0 aliphatic rings. The zero-order chi connectivity index (χ0) is 24.6. The number of para-hydroxylation sites is 2. The van der Waals surface area contributed by atoms with E-state index in [0.29, 0.717) is 16.7 Å². The summed E-state index contributed by atoms with van der Waals surface area (Å²) in [5.74, 6) is 0.605. The van der Waals surface area contributed by atoms with Gasteiger partial charge in [0.05, 0.1) is 24.1 Å². The molecule has 9 heteroatoms. The van der Waals surface area contributed by atoms with Gasteiger partial charge in [-0.15, -0.1) is 10.2 Å². The summed E-state index contributed by atoms with van der Waals surface area (Å²) in [6.07, 6.45) is 0. The Balaban J connectivity index is 1.49. The molecule has 1 aromatic heterocycles. The molecule has 4 aromatic rings. The third-order valence-electron chi connectivity index (χ3n) is 5.04. The van der Waals surface area contributed by atoms with Crippen molar-refractivity contribution in [2.75, 3.05) is 18.2 Å². The van der Waals surface area contributed by atoms with Gasteiger partial charge in [0.15, 0.2) is 11.0 Å². The van der Waals surface area contributed by atoms with Crippen LogP contribution in [0.2, 0.25) is 0 Å². The molecule has 1 amide bonds. The monoisotopic (exact) mass is 488 g/mol. The Morgan fingerprint density at radius 3 is 2.40 bits per heavy atom. The molecule has 0 fully saturated rings. The smallest absolute Gasteiger partial charge is 0.339 e. The van der Waals surface area contributed by atoms with E-state index in [9.17, 15) is 9.59 Å². The van der Waals surface area contributed by atoms with Crippen LogP contribution in [0, 0.1) is 6.92 Å². The van der Waals surface area contributed by atoms with E-state index >= 15 is 0 Å². The maximum atomic E-state index is 12.7. The number of hydrogen-bond acceptors (Lipinski definition) is 7. The molecule has 178 valence electrons. The van der Waals surface area contributed by atoms with Gasteiger partial charge in [-0.3, -0.25) is 9.36 Å². The van der Waals surface area contributed by atoms with Gasteiger partial charge >= 0.3 is 5.97 Å². The number of anilines is 1. The fourth-order valence-electron chi connectivity index (χ4n) is 3.30. The van der Waals surface area contributed by atoms with Crippen molar-refractivity contribution in [2.24, 2.45) is 0 Å². The molecule has 1 N–H and O–H groups in total. The van der Waals surface area contributed by atoms with E-state index in [0.717, 1.165) is 17.0 Å². The van der Waals surface area contributed by atoms with Gasteiger partial charge in [-0.25, -0.2) is 4.79 Å². The van der Waals surface area contributed by atoms with Crippen molar-refractivity contribution in [1.29, 1.82) is 0 Å². The van der Waals surface area contributed by atoms with Crippen LogP contribution in [0.5, 0.6) is 5.75 Å². The van der Waals surface area contributed by atoms with Crippen molar-refractivity contribution in [1.82, 2.24) is 14.8 Å². The third-order valence-corrected chi connectivity index (χ3v) is 5.97. The number of aromatic nitrogens is 3. The number of amides is 1. The molecule has 35 heavy (non-hydrogen) atoms. The average Bonchev–Trinajstić information content (AvgIpc) is 3.30. The fraction of sp³-hybridized carbons (Fsp3) is 0.154. The Morgan fingerprint density at radius 1 is 0.943 bits per heavy atom. The molecule has 4 rings (SSSR count). The summed E-state index contributed by atoms with van der Waals surface area (Å²) in [6.45, 7) is 2.23. The minimum atomic E-state index is -0.518. The molecule has 1 heterocycles. The molecule has 0 atom stereocenters. The maximum Gasteiger partial charge on any atom is 0.339 e. The molecule has 0 saturated heterocycles. The number of hydrogen-bond donors (Lipinski definition) is 1. The Labute approximate surface area is 207 Å². The highest BCUT2D eigenvalue weighted by Crippen LogP contribution is 2.24. The normalized spacial score (nSPS) is 10.6. The maximum absolute atomic E-state index is 12.7. The first-order valence-corrected chi connectivity index (χ1v) is 11.8. The molecule has 0 spiro atoms. The molecule has 0 saturated carbocycles. The Bertz CT molecular complexity index is 1310. The minimum Gasteiger partial charge on any atom is -0.486 e. The summed E-state index contributed by atoms with van der Waals surface area (Å²) >= 11 is 1.24. The SMILES string of the molecule is COC(=O)c1ccccc1NC(=O)CSc1nnc(COc2ccc(C)cc2)n1-c1ccccc1. The van der Waals surface area contributed by atoms with Crippen molar-refractivity contribution < 1.29 is 19.1 Å². The lowest BCUT2D eigenvalue weighted by Gasteiger charge is -2.12. The van der Waals surface area contributed by atoms with Gasteiger partial charge < -0.3 is 14.8 Å². The van der Waals surface area contributed by atoms with Crippen molar-refractivity contribution in [3.05, 3.63) is 95.8 Å². The summed E-state index contributed by atoms with van der Waals surface area (Å²) in [6, 6.07) is 24.1. The highest BCUT2D eigenvalue weighted by atomic mass is 32.2. The summed E-state index contributed by atoms with van der Waals surface area (Å²) in [5, 5.41) is 11.9. The molecule has 0 aliphatic heterocycles. The van der Waals surface area contributed by atoms with E-state index < -0.39 is 5.97 Å². The summed E-state index contributed by atoms with van der Waals surface area (Å²) < 4.78 is 12.6. The number of benzene rings is 3. The molecule has 0 bridgehead atoms. The zero-order valence-corrected chi connectivity index (χ0v) is 20.1. The van der Waals surface area contributed by atoms with Gasteiger partial charge in [0.2, 0.25) is 5.91 Å². The van der Waals surface area contributed by atoms with Gasteiger partial charge in [0, 0.05) is 5.69 Å². The van der Waals surface area contributed by atoms with E-state index in [1.807, 2.05) is 66.1 Å². The van der Waals surface area contributed by atoms with Crippen LogP contribution in [0.1, 0.15) is 21.7 Å². The van der Waals surface area contributed by atoms with Crippen molar-refractivity contribution in [3.8, 4) is 11.4 Å². The van der Waals surface area contributed by atoms with Crippen LogP contribution in [0.25, 0.3) is 5.69 Å². The number of methoxy groups -OCH3 is 1. The van der Waals surface area contributed by atoms with Crippen LogP contribution >= 0.6 is 11.8 Å². The van der Waals surface area contributed by atoms with E-state index in [-0.39, 0.29) is 23.8 Å². The molecular weight excluding hydrogens is 464 g/mol. The molecular formula is C26H24N4O4S. The first-order chi connectivity index (χ1) is 17.0.